The number of halogens is 2. The number of nitrogens with one attached hydrogen (secondary N) is 1. The molecule has 0 aliphatic carbocycles. The Hall–Kier alpha value is -0.250. The van der Waals surface area contributed by atoms with Crippen LogP contribution in [0.4, 0.5) is 0 Å². The molecule has 4 heteroatoms. The summed E-state index contributed by atoms with van der Waals surface area (Å²) in [6.07, 6.45) is 0. The first-order valence-electron chi connectivity index (χ1n) is 4.30. The minimum atomic E-state index is 0. The molecule has 1 rings (SSSR count). The van der Waals surface area contributed by atoms with Gasteiger partial charge in [0.15, 0.2) is 0 Å². The zero-order valence-corrected chi connectivity index (χ0v) is 10.7. The Morgan fingerprint density at radius 1 is 1.43 bits per heavy atom. The largest absolute Gasteiger partial charge is 0.508 e. The van der Waals surface area contributed by atoms with E-state index >= 15 is 0 Å². The van der Waals surface area contributed by atoms with Crippen LogP contribution < -0.4 is 5.32 Å². The van der Waals surface area contributed by atoms with Gasteiger partial charge >= 0.3 is 0 Å². The molecule has 80 valence electrons. The molecule has 14 heavy (non-hydrogen) atoms. The smallest absolute Gasteiger partial charge is 0.120 e. The summed E-state index contributed by atoms with van der Waals surface area (Å²) in [5.74, 6) is 0.344. The number of phenols is 1. The van der Waals surface area contributed by atoms with Crippen molar-refractivity contribution in [1.29, 1.82) is 0 Å². The van der Waals surface area contributed by atoms with Gasteiger partial charge in [-0.25, -0.2) is 0 Å². The molecule has 0 radical (unpaired) electrons. The van der Waals surface area contributed by atoms with Gasteiger partial charge < -0.3 is 10.4 Å². The van der Waals surface area contributed by atoms with Gasteiger partial charge in [0.2, 0.25) is 0 Å². The highest BCUT2D eigenvalue weighted by Gasteiger charge is 2.01. The van der Waals surface area contributed by atoms with Crippen LogP contribution in [0, 0.1) is 0 Å². The van der Waals surface area contributed by atoms with Crippen LogP contribution in [0.25, 0.3) is 0 Å². The van der Waals surface area contributed by atoms with Crippen LogP contribution in [0.15, 0.2) is 22.7 Å². The number of rotatable bonds is 3. The molecule has 2 nitrogen and oxygen atoms in total. The number of aromatic hydroxyl groups is 1. The number of benzene rings is 1. The topological polar surface area (TPSA) is 32.3 Å². The van der Waals surface area contributed by atoms with Crippen LogP contribution in [0.2, 0.25) is 0 Å². The molecular weight excluding hydrogens is 265 g/mol. The average Bonchev–Trinajstić information content (AvgIpc) is 2.06. The van der Waals surface area contributed by atoms with E-state index in [-0.39, 0.29) is 12.4 Å². The van der Waals surface area contributed by atoms with Crippen molar-refractivity contribution in [2.24, 2.45) is 0 Å². The van der Waals surface area contributed by atoms with Crippen LogP contribution in [0.1, 0.15) is 19.4 Å². The highest BCUT2D eigenvalue weighted by atomic mass is 79.9. The van der Waals surface area contributed by atoms with E-state index in [0.29, 0.717) is 18.3 Å². The fourth-order valence-corrected chi connectivity index (χ4v) is 1.42. The number of phenolic OH excluding ortho intramolecular Hbond substituents is 1. The summed E-state index contributed by atoms with van der Waals surface area (Å²) in [4.78, 5) is 0. The summed E-state index contributed by atoms with van der Waals surface area (Å²) in [6, 6.07) is 5.87. The first-order valence-corrected chi connectivity index (χ1v) is 5.09. The van der Waals surface area contributed by atoms with Crippen molar-refractivity contribution in [3.05, 3.63) is 28.2 Å². The quantitative estimate of drug-likeness (QED) is 0.892. The lowest BCUT2D eigenvalue weighted by atomic mass is 10.2. The average molecular weight is 281 g/mol. The Kier molecular flexibility index (Phi) is 6.16. The van der Waals surface area contributed by atoms with E-state index in [1.807, 2.05) is 12.1 Å². The van der Waals surface area contributed by atoms with Gasteiger partial charge in [-0.05, 0) is 18.2 Å². The summed E-state index contributed by atoms with van der Waals surface area (Å²) in [6.45, 7) is 4.85. The van der Waals surface area contributed by atoms with E-state index in [0.717, 1.165) is 10.0 Å². The van der Waals surface area contributed by atoms with E-state index in [2.05, 4.69) is 35.1 Å². The van der Waals surface area contributed by atoms with Gasteiger partial charge in [0.05, 0.1) is 0 Å². The molecule has 1 aromatic rings. The van der Waals surface area contributed by atoms with Crippen LogP contribution in [-0.4, -0.2) is 11.1 Å². The zero-order valence-electron chi connectivity index (χ0n) is 8.25. The van der Waals surface area contributed by atoms with Gasteiger partial charge in [-0.1, -0.05) is 29.8 Å². The Balaban J connectivity index is 0.00000169. The molecule has 1 aromatic carbocycles. The molecule has 0 saturated carbocycles. The highest BCUT2D eigenvalue weighted by molar-refractivity contribution is 9.10. The maximum atomic E-state index is 9.49. The second-order valence-electron chi connectivity index (χ2n) is 3.31. The molecule has 0 saturated heterocycles. The monoisotopic (exact) mass is 279 g/mol. The molecule has 0 amide bonds. The van der Waals surface area contributed by atoms with Gasteiger partial charge in [0, 0.05) is 22.6 Å². The van der Waals surface area contributed by atoms with Gasteiger partial charge in [-0.3, -0.25) is 0 Å². The first kappa shape index (κ1) is 13.8. The van der Waals surface area contributed by atoms with Gasteiger partial charge in [-0.15, -0.1) is 12.4 Å². The second kappa shape index (κ2) is 6.27. The minimum Gasteiger partial charge on any atom is -0.508 e. The predicted molar refractivity (Wildman–Crippen MR) is 65.0 cm³/mol. The van der Waals surface area contributed by atoms with Crippen molar-refractivity contribution in [2.75, 3.05) is 0 Å². The normalized spacial score (nSPS) is 10.0. The lowest BCUT2D eigenvalue weighted by molar-refractivity contribution is 0.461. The van der Waals surface area contributed by atoms with Crippen LogP contribution in [-0.2, 0) is 6.54 Å². The molecule has 0 aliphatic heterocycles. The third-order valence-corrected chi connectivity index (χ3v) is 2.24. The predicted octanol–water partition coefficient (Wildman–Crippen LogP) is 3.07. The van der Waals surface area contributed by atoms with E-state index in [9.17, 15) is 5.11 Å². The van der Waals surface area contributed by atoms with Crippen LogP contribution in [0.5, 0.6) is 5.75 Å². The fraction of sp³-hybridized carbons (Fsp3) is 0.400. The van der Waals surface area contributed by atoms with Crippen molar-refractivity contribution >= 4 is 28.3 Å². The molecular formula is C10H15BrClNO. The third-order valence-electron chi connectivity index (χ3n) is 1.74. The fourth-order valence-electron chi connectivity index (χ4n) is 1.01. The number of hydrogen-bond acceptors (Lipinski definition) is 2. The summed E-state index contributed by atoms with van der Waals surface area (Å²) in [7, 11) is 0. The molecule has 0 heterocycles. The number of hydrogen-bond donors (Lipinski definition) is 2. The molecule has 0 aromatic heterocycles. The summed E-state index contributed by atoms with van der Waals surface area (Å²) >= 11 is 3.36. The third kappa shape index (κ3) is 4.31. The van der Waals surface area contributed by atoms with Crippen molar-refractivity contribution in [3.63, 3.8) is 0 Å². The van der Waals surface area contributed by atoms with Gasteiger partial charge in [-0.2, -0.15) is 0 Å². The molecule has 0 fully saturated rings. The van der Waals surface area contributed by atoms with Crippen molar-refractivity contribution in [3.8, 4) is 5.75 Å². The highest BCUT2D eigenvalue weighted by Crippen LogP contribution is 2.21. The van der Waals surface area contributed by atoms with Gasteiger partial charge in [0.25, 0.3) is 0 Å². The first-order chi connectivity index (χ1) is 6.09. The standard InChI is InChI=1S/C10H14BrNO.ClH/c1-7(2)12-6-8-5-9(11)3-4-10(8)13;/h3-5,7,12-13H,6H2,1-2H3;1H. The summed E-state index contributed by atoms with van der Waals surface area (Å²) in [5, 5.41) is 12.7. The molecule has 0 atom stereocenters. The summed E-state index contributed by atoms with van der Waals surface area (Å²) < 4.78 is 0.992. The van der Waals surface area contributed by atoms with Crippen molar-refractivity contribution in [2.45, 2.75) is 26.4 Å². The van der Waals surface area contributed by atoms with E-state index in [4.69, 9.17) is 0 Å². The molecule has 0 unspecified atom stereocenters. The van der Waals surface area contributed by atoms with Crippen LogP contribution >= 0.6 is 28.3 Å². The van der Waals surface area contributed by atoms with E-state index in [1.54, 1.807) is 6.07 Å². The Morgan fingerprint density at radius 3 is 2.64 bits per heavy atom. The summed E-state index contributed by atoms with van der Waals surface area (Å²) in [5.41, 5.74) is 0.920. The van der Waals surface area contributed by atoms with E-state index < -0.39 is 0 Å². The zero-order chi connectivity index (χ0) is 9.84. The second-order valence-corrected chi connectivity index (χ2v) is 4.22. The minimum absolute atomic E-state index is 0. The Bertz CT molecular complexity index is 291. The molecule has 2 N–H and O–H groups in total. The molecule has 0 aliphatic rings. The van der Waals surface area contributed by atoms with Crippen LogP contribution in [0.3, 0.4) is 0 Å². The van der Waals surface area contributed by atoms with Crippen molar-refractivity contribution in [1.82, 2.24) is 5.32 Å². The maximum Gasteiger partial charge on any atom is 0.120 e. The van der Waals surface area contributed by atoms with Crippen molar-refractivity contribution < 1.29 is 5.11 Å². The van der Waals surface area contributed by atoms with E-state index in [1.165, 1.54) is 0 Å². The SMILES string of the molecule is CC(C)NCc1cc(Br)ccc1O.Cl. The lowest BCUT2D eigenvalue weighted by Gasteiger charge is -2.09. The lowest BCUT2D eigenvalue weighted by Crippen LogP contribution is -2.21. The Labute approximate surface area is 99.3 Å². The Morgan fingerprint density at radius 2 is 2.07 bits per heavy atom. The van der Waals surface area contributed by atoms with Gasteiger partial charge in [0.1, 0.15) is 5.75 Å². The molecule has 0 bridgehead atoms. The molecule has 0 spiro atoms. The maximum absolute atomic E-state index is 9.49.